The van der Waals surface area contributed by atoms with E-state index in [1.54, 1.807) is 4.57 Å². The number of rotatable bonds is 3. The van der Waals surface area contributed by atoms with Gasteiger partial charge in [-0.15, -0.1) is 11.3 Å². The molecule has 1 rings (SSSR count). The smallest absolute Gasteiger partial charge is 0.250 e. The lowest BCUT2D eigenvalue weighted by molar-refractivity contribution is -0.128. The van der Waals surface area contributed by atoms with Gasteiger partial charge in [0, 0.05) is 37.0 Å². The molecule has 0 spiro atoms. The molecule has 0 saturated heterocycles. The second-order valence-corrected chi connectivity index (χ2v) is 5.93. The van der Waals surface area contributed by atoms with Gasteiger partial charge in [-0.3, -0.25) is 9.59 Å². The van der Waals surface area contributed by atoms with Gasteiger partial charge in [0.05, 0.1) is 0 Å². The molecule has 100 valence electrons. The molecule has 1 N–H and O–H groups in total. The molecule has 0 unspecified atom stereocenters. The summed E-state index contributed by atoms with van der Waals surface area (Å²) in [5, 5.41) is 4.59. The Hall–Kier alpha value is -1.43. The van der Waals surface area contributed by atoms with E-state index in [0.29, 0.717) is 11.3 Å². The predicted octanol–water partition coefficient (Wildman–Crippen LogP) is 1.07. The highest BCUT2D eigenvalue weighted by molar-refractivity contribution is 7.07. The number of carbonyl (C=O) groups is 2. The third-order valence-electron chi connectivity index (χ3n) is 2.29. The van der Waals surface area contributed by atoms with Gasteiger partial charge in [0.1, 0.15) is 0 Å². The minimum absolute atomic E-state index is 0.0584. The Bertz CT molecular complexity index is 494. The van der Waals surface area contributed by atoms with E-state index in [0.717, 1.165) is 0 Å². The third-order valence-corrected chi connectivity index (χ3v) is 3.13. The molecule has 0 saturated carbocycles. The second kappa shape index (κ2) is 5.95. The highest BCUT2D eigenvalue weighted by Gasteiger charge is 2.20. The van der Waals surface area contributed by atoms with E-state index in [2.05, 4.69) is 10.3 Å². The summed E-state index contributed by atoms with van der Waals surface area (Å²) in [5.41, 5.74) is -0.430. The Kier molecular flexibility index (Phi) is 4.84. The monoisotopic (exact) mass is 269 g/mol. The van der Waals surface area contributed by atoms with Crippen LogP contribution in [-0.2, 0) is 16.6 Å². The molecule has 1 aromatic rings. The van der Waals surface area contributed by atoms with E-state index in [9.17, 15) is 9.59 Å². The van der Waals surface area contributed by atoms with Crippen LogP contribution in [-0.4, -0.2) is 22.9 Å². The molecule has 0 aliphatic carbocycles. The first-order valence-electron chi connectivity index (χ1n) is 5.76. The normalized spacial score (nSPS) is 12.6. The number of nitrogens with one attached hydrogen (secondary N) is 1. The van der Waals surface area contributed by atoms with Gasteiger partial charge in [-0.25, -0.2) is 0 Å². The van der Waals surface area contributed by atoms with Gasteiger partial charge in [-0.05, 0) is 0 Å². The molecule has 1 aromatic heterocycles. The summed E-state index contributed by atoms with van der Waals surface area (Å²) in [4.78, 5) is 27.8. The van der Waals surface area contributed by atoms with Crippen molar-refractivity contribution in [1.82, 2.24) is 9.88 Å². The maximum absolute atomic E-state index is 11.6. The maximum Gasteiger partial charge on any atom is 0.250 e. The molecule has 0 aromatic carbocycles. The van der Waals surface area contributed by atoms with Gasteiger partial charge in [0.2, 0.25) is 11.8 Å². The molecule has 18 heavy (non-hydrogen) atoms. The Morgan fingerprint density at radius 2 is 2.11 bits per heavy atom. The number of carbonyl (C=O) groups excluding carboxylic acids is 2. The molecular weight excluding hydrogens is 250 g/mol. The van der Waals surface area contributed by atoms with Crippen molar-refractivity contribution in [2.45, 2.75) is 27.2 Å². The lowest BCUT2D eigenvalue weighted by atomic mass is 9.96. The van der Waals surface area contributed by atoms with Crippen LogP contribution in [0.4, 0.5) is 0 Å². The number of hydrogen-bond donors (Lipinski definition) is 1. The van der Waals surface area contributed by atoms with Crippen LogP contribution in [0.15, 0.2) is 16.6 Å². The van der Waals surface area contributed by atoms with Crippen molar-refractivity contribution in [3.05, 3.63) is 16.4 Å². The predicted molar refractivity (Wildman–Crippen MR) is 70.9 cm³/mol. The fourth-order valence-electron chi connectivity index (χ4n) is 1.15. The van der Waals surface area contributed by atoms with E-state index in [1.807, 2.05) is 39.4 Å². The number of aromatic nitrogens is 1. The molecular formula is C12H19N3O2S. The first-order valence-corrected chi connectivity index (χ1v) is 6.64. The van der Waals surface area contributed by atoms with E-state index >= 15 is 0 Å². The topological polar surface area (TPSA) is 63.5 Å². The Labute approximate surface area is 111 Å². The zero-order chi connectivity index (χ0) is 13.8. The molecule has 5 nitrogen and oxygen atoms in total. The van der Waals surface area contributed by atoms with E-state index < -0.39 is 5.41 Å². The second-order valence-electron chi connectivity index (χ2n) is 5.06. The summed E-state index contributed by atoms with van der Waals surface area (Å²) >= 11 is 1.41. The average Bonchev–Trinajstić information content (AvgIpc) is 2.63. The molecule has 0 radical (unpaired) electrons. The van der Waals surface area contributed by atoms with Crippen molar-refractivity contribution < 1.29 is 9.59 Å². The van der Waals surface area contributed by atoms with Crippen LogP contribution in [0.25, 0.3) is 0 Å². The minimum Gasteiger partial charge on any atom is -0.355 e. The number of hydrogen-bond acceptors (Lipinski definition) is 3. The molecule has 2 amide bonds. The van der Waals surface area contributed by atoms with Crippen LogP contribution in [0.3, 0.4) is 0 Å². The fourth-order valence-corrected chi connectivity index (χ4v) is 1.89. The van der Waals surface area contributed by atoms with E-state index in [4.69, 9.17) is 0 Å². The van der Waals surface area contributed by atoms with Crippen LogP contribution in [0.5, 0.6) is 0 Å². The molecule has 0 aliphatic rings. The summed E-state index contributed by atoms with van der Waals surface area (Å²) in [7, 11) is 1.84. The zero-order valence-electron chi connectivity index (χ0n) is 11.2. The van der Waals surface area contributed by atoms with Crippen LogP contribution < -0.4 is 10.1 Å². The molecule has 0 aliphatic heterocycles. The lowest BCUT2D eigenvalue weighted by Gasteiger charge is -2.16. The number of nitrogens with zero attached hydrogens (tertiary/aromatic N) is 2. The number of amides is 2. The van der Waals surface area contributed by atoms with Gasteiger partial charge < -0.3 is 9.88 Å². The van der Waals surface area contributed by atoms with Crippen molar-refractivity contribution in [1.29, 1.82) is 0 Å². The highest BCUT2D eigenvalue weighted by Crippen LogP contribution is 2.12. The fraction of sp³-hybridized carbons (Fsp3) is 0.583. The molecule has 1 heterocycles. The minimum atomic E-state index is -0.430. The van der Waals surface area contributed by atoms with Gasteiger partial charge >= 0.3 is 0 Å². The van der Waals surface area contributed by atoms with Gasteiger partial charge in [-0.1, -0.05) is 20.8 Å². The van der Waals surface area contributed by atoms with Gasteiger partial charge in [0.15, 0.2) is 4.80 Å². The summed E-state index contributed by atoms with van der Waals surface area (Å²) in [6.07, 6.45) is 2.07. The standard InChI is InChI=1S/C12H19N3O2S/c1-12(2,3)10(17)13-6-5-9(16)14-11-15(4)7-8-18-11/h7-8H,5-6H2,1-4H3,(H,13,17). The highest BCUT2D eigenvalue weighted by atomic mass is 32.1. The van der Waals surface area contributed by atoms with E-state index in [1.165, 1.54) is 11.3 Å². The van der Waals surface area contributed by atoms with Gasteiger partial charge in [0.25, 0.3) is 0 Å². The molecule has 0 atom stereocenters. The third kappa shape index (κ3) is 4.44. The molecule has 0 bridgehead atoms. The van der Waals surface area contributed by atoms with Crippen LogP contribution >= 0.6 is 11.3 Å². The summed E-state index contributed by atoms with van der Waals surface area (Å²) in [6, 6.07) is 0. The Morgan fingerprint density at radius 1 is 1.44 bits per heavy atom. The van der Waals surface area contributed by atoms with Crippen LogP contribution in [0, 0.1) is 5.41 Å². The van der Waals surface area contributed by atoms with Crippen molar-refractivity contribution in [3.8, 4) is 0 Å². The molecule has 0 fully saturated rings. The molecule has 6 heteroatoms. The van der Waals surface area contributed by atoms with Crippen molar-refractivity contribution in [3.63, 3.8) is 0 Å². The van der Waals surface area contributed by atoms with Gasteiger partial charge in [-0.2, -0.15) is 4.99 Å². The van der Waals surface area contributed by atoms with Crippen LogP contribution in [0.1, 0.15) is 27.2 Å². The number of aryl methyl sites for hydroxylation is 1. The first-order chi connectivity index (χ1) is 8.30. The zero-order valence-corrected chi connectivity index (χ0v) is 12.0. The Morgan fingerprint density at radius 3 is 2.61 bits per heavy atom. The van der Waals surface area contributed by atoms with Crippen molar-refractivity contribution in [2.24, 2.45) is 17.5 Å². The number of thiazole rings is 1. The van der Waals surface area contributed by atoms with Crippen LogP contribution in [0.2, 0.25) is 0 Å². The SMILES string of the molecule is Cn1ccsc1=NC(=O)CCNC(=O)C(C)(C)C. The Balaban J connectivity index is 2.45. The maximum atomic E-state index is 11.6. The summed E-state index contributed by atoms with van der Waals surface area (Å²) in [6.45, 7) is 5.83. The average molecular weight is 269 g/mol. The quantitative estimate of drug-likeness (QED) is 0.892. The summed E-state index contributed by atoms with van der Waals surface area (Å²) in [5.74, 6) is -0.278. The largest absolute Gasteiger partial charge is 0.355 e. The van der Waals surface area contributed by atoms with E-state index in [-0.39, 0.29) is 18.2 Å². The van der Waals surface area contributed by atoms with Crippen molar-refractivity contribution >= 4 is 23.2 Å². The lowest BCUT2D eigenvalue weighted by Crippen LogP contribution is -2.36. The first kappa shape index (κ1) is 14.6. The summed E-state index contributed by atoms with van der Waals surface area (Å²) < 4.78 is 1.79. The van der Waals surface area contributed by atoms with Crippen molar-refractivity contribution in [2.75, 3.05) is 6.54 Å².